The molecule has 1 heterocycles. The zero-order valence-electron chi connectivity index (χ0n) is 51.3. The van der Waals surface area contributed by atoms with Crippen molar-refractivity contribution in [1.82, 2.24) is 0 Å². The lowest BCUT2D eigenvalue weighted by Gasteiger charge is -2.47. The van der Waals surface area contributed by atoms with Crippen molar-refractivity contribution in [3.63, 3.8) is 0 Å². The SMILES string of the molecule is C=CC1=CC=C(C2(c3cc(C)ccc3C)c3ccccc3C3C=CC(N(c4ccc5c(c4)sc4cc(N(C6=CCC(F)C(F)=C6)C6=CC7C(CC6)c6ccccc6C7(C6=CCC(C=C)C=C6)C6=CC(C)CCC6C)ccc45)C4C=CC(F)=C(F)C4)=CC32)CC1. The van der Waals surface area contributed by atoms with E-state index in [1.165, 1.54) is 73.4 Å². The normalized spacial score (nSPS) is 29.4. The molecule has 11 atom stereocenters. The molecule has 6 aromatic rings. The van der Waals surface area contributed by atoms with Crippen molar-refractivity contribution in [2.45, 2.75) is 120 Å². The predicted octanol–water partition coefficient (Wildman–Crippen LogP) is 22.2. The van der Waals surface area contributed by atoms with Gasteiger partial charge in [-0.15, -0.1) is 17.9 Å². The number of hydrogen-bond acceptors (Lipinski definition) is 3. The molecular formula is C82H76F4N2S. The summed E-state index contributed by atoms with van der Waals surface area (Å²) in [5.74, 6) is -0.892. The number of anilines is 2. The van der Waals surface area contributed by atoms with E-state index in [1.807, 2.05) is 18.2 Å². The van der Waals surface area contributed by atoms with Crippen LogP contribution in [0.15, 0.2) is 270 Å². The molecule has 0 saturated heterocycles. The Morgan fingerprint density at radius 2 is 1.43 bits per heavy atom. The number of allylic oxidation sites excluding steroid dienone is 22. The summed E-state index contributed by atoms with van der Waals surface area (Å²) in [5.41, 5.74) is 18.1. The third-order valence-corrected chi connectivity index (χ3v) is 22.9. The van der Waals surface area contributed by atoms with Crippen LogP contribution in [0.5, 0.6) is 0 Å². The first-order valence-corrected chi connectivity index (χ1v) is 33.2. The summed E-state index contributed by atoms with van der Waals surface area (Å²) in [6.45, 7) is 17.5. The number of rotatable bonds is 12. The second-order valence-electron chi connectivity index (χ2n) is 26.7. The molecule has 0 amide bonds. The van der Waals surface area contributed by atoms with E-state index >= 15 is 17.6 Å². The highest BCUT2D eigenvalue weighted by molar-refractivity contribution is 7.25. The van der Waals surface area contributed by atoms with Crippen LogP contribution in [0.4, 0.5) is 28.9 Å². The highest BCUT2D eigenvalue weighted by atomic mass is 32.1. The summed E-state index contributed by atoms with van der Waals surface area (Å²) in [6, 6.07) is 37.6. The first-order valence-electron chi connectivity index (χ1n) is 32.4. The first kappa shape index (κ1) is 57.4. The third kappa shape index (κ3) is 9.20. The Hall–Kier alpha value is -8.00. The van der Waals surface area contributed by atoms with E-state index in [0.717, 1.165) is 87.9 Å². The van der Waals surface area contributed by atoms with Crippen LogP contribution in [-0.2, 0) is 10.8 Å². The summed E-state index contributed by atoms with van der Waals surface area (Å²) < 4.78 is 64.3. The Bertz CT molecular complexity index is 4370. The molecule has 0 spiro atoms. The summed E-state index contributed by atoms with van der Waals surface area (Å²) in [6.07, 6.45) is 39.2. The van der Waals surface area contributed by atoms with Gasteiger partial charge < -0.3 is 9.80 Å². The zero-order valence-corrected chi connectivity index (χ0v) is 52.2. The molecule has 9 aliphatic carbocycles. The highest BCUT2D eigenvalue weighted by Crippen LogP contribution is 2.66. The fraction of sp³-hybridized carbons (Fsp3) is 0.293. The second kappa shape index (κ2) is 22.5. The lowest BCUT2D eigenvalue weighted by atomic mass is 9.56. The van der Waals surface area contributed by atoms with Crippen LogP contribution >= 0.6 is 11.3 Å². The number of aryl methyl sites for hydroxylation is 2. The maximum Gasteiger partial charge on any atom is 0.155 e. The van der Waals surface area contributed by atoms with Gasteiger partial charge in [-0.05, 0) is 169 Å². The maximum absolute atomic E-state index is 15.9. The topological polar surface area (TPSA) is 6.48 Å². The summed E-state index contributed by atoms with van der Waals surface area (Å²) in [7, 11) is 0. The Morgan fingerprint density at radius 3 is 2.16 bits per heavy atom. The first-order chi connectivity index (χ1) is 43.3. The standard InChI is InChI=1S/C82H76F4N2S/c1-7-53-21-25-55(26-22-53)81(71-41-49(3)17-19-51(71)5)69-15-11-9-13-63(69)65-35-29-57(43-73(65)81)87(59-33-39-75(83)77(85)45-59)61-31-37-67-68-38-32-62(48-80(68)89-79(67)47-61)88(60-34-40-76(84)78(86)46-60)58-30-36-66-64-14-10-12-16-70(64)82(74(66)44-58,56-27-23-54(8-2)24-28-56)72-42-50(4)18-20-52(72)6/h7-17,19,21,23,25,27-29,31-35,37-39,41-44,46-48,50,52,54,59,65-66,73-74,76H,1-2,18,20,22,24,26,30,36,40,45H2,3-6H3. The average Bonchev–Trinajstić information content (AvgIpc) is 1.65. The lowest BCUT2D eigenvalue weighted by molar-refractivity contribution is 0.323. The van der Waals surface area contributed by atoms with Crippen molar-refractivity contribution in [3.05, 3.63) is 309 Å². The van der Waals surface area contributed by atoms with Gasteiger partial charge in [0.05, 0.1) is 6.04 Å². The molecule has 0 aliphatic heterocycles. The van der Waals surface area contributed by atoms with Crippen molar-refractivity contribution in [3.8, 4) is 0 Å². The van der Waals surface area contributed by atoms with Crippen LogP contribution in [0.1, 0.15) is 122 Å². The monoisotopic (exact) mass is 1200 g/mol. The molecule has 15 rings (SSSR count). The molecule has 5 aromatic carbocycles. The smallest absolute Gasteiger partial charge is 0.155 e. The largest absolute Gasteiger partial charge is 0.334 e. The minimum Gasteiger partial charge on any atom is -0.334 e. The molecular weight excluding hydrogens is 1120 g/mol. The van der Waals surface area contributed by atoms with Gasteiger partial charge in [0.15, 0.2) is 12.0 Å². The number of alkyl halides is 1. The van der Waals surface area contributed by atoms with Crippen LogP contribution in [-0.4, -0.2) is 12.2 Å². The molecule has 7 heteroatoms. The van der Waals surface area contributed by atoms with Crippen molar-refractivity contribution in [2.24, 2.45) is 29.6 Å². The van der Waals surface area contributed by atoms with Crippen LogP contribution < -0.4 is 9.80 Å². The molecule has 11 unspecified atom stereocenters. The molecule has 2 nitrogen and oxygen atoms in total. The number of thiophene rings is 1. The maximum atomic E-state index is 15.9. The molecule has 0 radical (unpaired) electrons. The number of halogens is 4. The van der Waals surface area contributed by atoms with Gasteiger partial charge in [-0.3, -0.25) is 0 Å². The third-order valence-electron chi connectivity index (χ3n) is 21.8. The minimum absolute atomic E-state index is 0.0428. The van der Waals surface area contributed by atoms with Crippen LogP contribution in [0.3, 0.4) is 0 Å². The van der Waals surface area contributed by atoms with Crippen LogP contribution in [0.2, 0.25) is 0 Å². The van der Waals surface area contributed by atoms with Gasteiger partial charge in [-0.2, -0.15) is 0 Å². The molecule has 0 bridgehead atoms. The van der Waals surface area contributed by atoms with E-state index in [-0.39, 0.29) is 42.4 Å². The number of nitrogens with zero attached hydrogens (tertiary/aromatic N) is 2. The van der Waals surface area contributed by atoms with Crippen LogP contribution in [0, 0.1) is 43.4 Å². The van der Waals surface area contributed by atoms with E-state index in [1.54, 1.807) is 11.3 Å². The number of benzene rings is 5. The van der Waals surface area contributed by atoms with Gasteiger partial charge in [-0.25, -0.2) is 17.6 Å². The molecule has 1 aromatic heterocycles. The molecule has 9 aliphatic rings. The van der Waals surface area contributed by atoms with E-state index in [0.29, 0.717) is 17.5 Å². The van der Waals surface area contributed by atoms with E-state index in [2.05, 4.69) is 221 Å². The average molecular weight is 1200 g/mol. The highest BCUT2D eigenvalue weighted by Gasteiger charge is 2.58. The van der Waals surface area contributed by atoms with Crippen molar-refractivity contribution in [2.75, 3.05) is 9.80 Å². The molecule has 89 heavy (non-hydrogen) atoms. The lowest BCUT2D eigenvalue weighted by Crippen LogP contribution is -2.41. The Balaban J connectivity index is 0.864. The van der Waals surface area contributed by atoms with Gasteiger partial charge >= 0.3 is 0 Å². The van der Waals surface area contributed by atoms with Gasteiger partial charge in [0.1, 0.15) is 11.7 Å². The molecule has 0 fully saturated rings. The van der Waals surface area contributed by atoms with Gasteiger partial charge in [-0.1, -0.05) is 195 Å². The summed E-state index contributed by atoms with van der Waals surface area (Å²) in [5, 5.41) is 2.17. The summed E-state index contributed by atoms with van der Waals surface area (Å²) >= 11 is 1.70. The van der Waals surface area contributed by atoms with Crippen molar-refractivity contribution >= 4 is 42.9 Å². The van der Waals surface area contributed by atoms with Crippen LogP contribution in [0.25, 0.3) is 20.2 Å². The Kier molecular flexibility index (Phi) is 14.5. The van der Waals surface area contributed by atoms with Gasteiger partial charge in [0.25, 0.3) is 0 Å². The van der Waals surface area contributed by atoms with E-state index < -0.39 is 40.5 Å². The number of fused-ring (bicyclic) bond motifs is 9. The molecule has 448 valence electrons. The molecule has 0 saturated carbocycles. The fourth-order valence-corrected chi connectivity index (χ4v) is 18.8. The van der Waals surface area contributed by atoms with Crippen molar-refractivity contribution in [1.29, 1.82) is 0 Å². The second-order valence-corrected chi connectivity index (χ2v) is 27.8. The van der Waals surface area contributed by atoms with E-state index in [9.17, 15) is 0 Å². The fourth-order valence-electron chi connectivity index (χ4n) is 17.6. The van der Waals surface area contributed by atoms with Gasteiger partial charge in [0, 0.05) is 90.1 Å². The summed E-state index contributed by atoms with van der Waals surface area (Å²) in [4.78, 5) is 4.46. The molecule has 0 N–H and O–H groups in total. The zero-order chi connectivity index (χ0) is 61.0. The Morgan fingerprint density at radius 1 is 0.663 bits per heavy atom. The quantitative estimate of drug-likeness (QED) is 0.0890. The number of hydrogen-bond donors (Lipinski definition) is 0. The van der Waals surface area contributed by atoms with Gasteiger partial charge in [0.2, 0.25) is 0 Å². The predicted molar refractivity (Wildman–Crippen MR) is 363 cm³/mol. The minimum atomic E-state index is -1.68. The van der Waals surface area contributed by atoms with Crippen molar-refractivity contribution < 1.29 is 17.6 Å². The van der Waals surface area contributed by atoms with E-state index in [4.69, 9.17) is 0 Å². The Labute approximate surface area is 526 Å².